The fourth-order valence-corrected chi connectivity index (χ4v) is 3.61. The van der Waals surface area contributed by atoms with Crippen LogP contribution in [0, 0.1) is 6.92 Å². The van der Waals surface area contributed by atoms with E-state index in [1.54, 1.807) is 11.8 Å². The first-order chi connectivity index (χ1) is 11.2. The summed E-state index contributed by atoms with van der Waals surface area (Å²) in [4.78, 5) is 17.9. The quantitative estimate of drug-likeness (QED) is 0.804. The lowest BCUT2D eigenvalue weighted by atomic mass is 10.2. The Morgan fingerprint density at radius 3 is 2.43 bits per heavy atom. The molecular weight excluding hydrogens is 304 g/mol. The van der Waals surface area contributed by atoms with Crippen LogP contribution in [0.15, 0.2) is 59.5 Å². The van der Waals surface area contributed by atoms with Gasteiger partial charge in [0.05, 0.1) is 5.75 Å². The third-order valence-electron chi connectivity index (χ3n) is 4.10. The van der Waals surface area contributed by atoms with E-state index in [1.165, 1.54) is 11.3 Å². The maximum Gasteiger partial charge on any atom is 0.233 e. The average Bonchev–Trinajstić information content (AvgIpc) is 2.61. The van der Waals surface area contributed by atoms with E-state index in [2.05, 4.69) is 36.1 Å². The molecule has 4 heteroatoms. The number of anilines is 1. The summed E-state index contributed by atoms with van der Waals surface area (Å²) in [5.74, 6) is 0.761. The number of hydrogen-bond donors (Lipinski definition) is 0. The summed E-state index contributed by atoms with van der Waals surface area (Å²) in [5.41, 5.74) is 2.54. The Bertz CT molecular complexity index is 651. The zero-order chi connectivity index (χ0) is 16.1. The Morgan fingerprint density at radius 1 is 1.00 bits per heavy atom. The summed E-state index contributed by atoms with van der Waals surface area (Å²) in [6, 6.07) is 18.7. The molecule has 0 aromatic heterocycles. The molecule has 1 amide bonds. The van der Waals surface area contributed by atoms with E-state index in [0.717, 1.165) is 31.1 Å². The lowest BCUT2D eigenvalue weighted by Crippen LogP contribution is -2.49. The molecule has 2 aromatic rings. The van der Waals surface area contributed by atoms with Gasteiger partial charge in [-0.25, -0.2) is 0 Å². The molecule has 2 aromatic carbocycles. The van der Waals surface area contributed by atoms with Gasteiger partial charge in [0.25, 0.3) is 0 Å². The van der Waals surface area contributed by atoms with Gasteiger partial charge in [-0.3, -0.25) is 4.79 Å². The van der Waals surface area contributed by atoms with E-state index in [4.69, 9.17) is 0 Å². The fraction of sp³-hybridized carbons (Fsp3) is 0.316. The molecule has 1 aliphatic heterocycles. The maximum atomic E-state index is 12.4. The molecule has 1 aliphatic rings. The first-order valence-corrected chi connectivity index (χ1v) is 8.98. The van der Waals surface area contributed by atoms with E-state index in [1.807, 2.05) is 35.2 Å². The highest BCUT2D eigenvalue weighted by Gasteiger charge is 2.21. The topological polar surface area (TPSA) is 23.6 Å². The van der Waals surface area contributed by atoms with Crippen molar-refractivity contribution in [3.63, 3.8) is 0 Å². The maximum absolute atomic E-state index is 12.4. The van der Waals surface area contributed by atoms with Gasteiger partial charge in [-0.05, 0) is 36.8 Å². The largest absolute Gasteiger partial charge is 0.368 e. The van der Waals surface area contributed by atoms with Gasteiger partial charge in [0.1, 0.15) is 0 Å². The standard InChI is InChI=1S/C19H22N2OS/c1-16-6-5-7-17(14-16)20-10-12-21(13-11-20)19(22)15-23-18-8-3-2-4-9-18/h2-9,14H,10-13,15H2,1H3. The van der Waals surface area contributed by atoms with Gasteiger partial charge in [0.15, 0.2) is 0 Å². The molecule has 1 heterocycles. The Morgan fingerprint density at radius 2 is 1.74 bits per heavy atom. The van der Waals surface area contributed by atoms with Crippen molar-refractivity contribution in [2.24, 2.45) is 0 Å². The summed E-state index contributed by atoms with van der Waals surface area (Å²) in [6.45, 7) is 5.55. The summed E-state index contributed by atoms with van der Waals surface area (Å²) in [7, 11) is 0. The molecule has 0 bridgehead atoms. The number of thioether (sulfide) groups is 1. The summed E-state index contributed by atoms with van der Waals surface area (Å²) >= 11 is 1.62. The SMILES string of the molecule is Cc1cccc(N2CCN(C(=O)CSc3ccccc3)CC2)c1. The zero-order valence-corrected chi connectivity index (χ0v) is 14.3. The molecule has 0 atom stereocenters. The lowest BCUT2D eigenvalue weighted by molar-refractivity contribution is -0.128. The Balaban J connectivity index is 1.49. The average molecular weight is 326 g/mol. The number of amides is 1. The van der Waals surface area contributed by atoms with Gasteiger partial charge in [0.2, 0.25) is 5.91 Å². The van der Waals surface area contributed by atoms with Crippen LogP contribution in [-0.4, -0.2) is 42.7 Å². The number of carbonyl (C=O) groups is 1. The van der Waals surface area contributed by atoms with E-state index < -0.39 is 0 Å². The second kappa shape index (κ2) is 7.55. The summed E-state index contributed by atoms with van der Waals surface area (Å²) in [5, 5.41) is 0. The van der Waals surface area contributed by atoms with E-state index in [9.17, 15) is 4.79 Å². The molecule has 3 nitrogen and oxygen atoms in total. The lowest BCUT2D eigenvalue weighted by Gasteiger charge is -2.36. The van der Waals surface area contributed by atoms with Gasteiger partial charge in [0, 0.05) is 36.8 Å². The number of hydrogen-bond acceptors (Lipinski definition) is 3. The molecular formula is C19H22N2OS. The number of benzene rings is 2. The molecule has 0 saturated carbocycles. The van der Waals surface area contributed by atoms with E-state index in [0.29, 0.717) is 5.75 Å². The van der Waals surface area contributed by atoms with Gasteiger partial charge in [-0.2, -0.15) is 0 Å². The van der Waals surface area contributed by atoms with Gasteiger partial charge in [-0.1, -0.05) is 30.3 Å². The molecule has 0 N–H and O–H groups in total. The van der Waals surface area contributed by atoms with Gasteiger partial charge in [-0.15, -0.1) is 11.8 Å². The number of rotatable bonds is 4. The normalized spacial score (nSPS) is 14.8. The van der Waals surface area contributed by atoms with Crippen molar-refractivity contribution in [2.75, 3.05) is 36.8 Å². The van der Waals surface area contributed by atoms with Gasteiger partial charge < -0.3 is 9.80 Å². The number of aryl methyl sites for hydroxylation is 1. The van der Waals surface area contributed by atoms with Crippen molar-refractivity contribution < 1.29 is 4.79 Å². The van der Waals surface area contributed by atoms with Gasteiger partial charge >= 0.3 is 0 Å². The van der Waals surface area contributed by atoms with Crippen molar-refractivity contribution in [2.45, 2.75) is 11.8 Å². The van der Waals surface area contributed by atoms with Crippen LogP contribution < -0.4 is 4.90 Å². The second-order valence-electron chi connectivity index (χ2n) is 5.81. The number of carbonyl (C=O) groups excluding carboxylic acids is 1. The molecule has 0 unspecified atom stereocenters. The zero-order valence-electron chi connectivity index (χ0n) is 13.4. The first kappa shape index (κ1) is 15.9. The van der Waals surface area contributed by atoms with Crippen LogP contribution in [-0.2, 0) is 4.79 Å². The van der Waals surface area contributed by atoms with Crippen LogP contribution >= 0.6 is 11.8 Å². The molecule has 0 radical (unpaired) electrons. The monoisotopic (exact) mass is 326 g/mol. The molecule has 23 heavy (non-hydrogen) atoms. The van der Waals surface area contributed by atoms with Crippen LogP contribution in [0.4, 0.5) is 5.69 Å². The third kappa shape index (κ3) is 4.29. The summed E-state index contributed by atoms with van der Waals surface area (Å²) < 4.78 is 0. The van der Waals surface area contributed by atoms with Crippen LogP contribution in [0.1, 0.15) is 5.56 Å². The smallest absolute Gasteiger partial charge is 0.233 e. The van der Waals surface area contributed by atoms with Crippen molar-refractivity contribution in [1.82, 2.24) is 4.90 Å². The molecule has 120 valence electrons. The van der Waals surface area contributed by atoms with Crippen molar-refractivity contribution in [3.05, 3.63) is 60.2 Å². The number of piperazine rings is 1. The minimum atomic E-state index is 0.239. The number of nitrogens with zero attached hydrogens (tertiary/aromatic N) is 2. The highest BCUT2D eigenvalue weighted by molar-refractivity contribution is 8.00. The minimum absolute atomic E-state index is 0.239. The Kier molecular flexibility index (Phi) is 5.23. The molecule has 3 rings (SSSR count). The second-order valence-corrected chi connectivity index (χ2v) is 6.86. The van der Waals surface area contributed by atoms with Crippen molar-refractivity contribution in [1.29, 1.82) is 0 Å². The van der Waals surface area contributed by atoms with Crippen molar-refractivity contribution in [3.8, 4) is 0 Å². The van der Waals surface area contributed by atoms with Crippen LogP contribution in [0.5, 0.6) is 0 Å². The van der Waals surface area contributed by atoms with Crippen LogP contribution in [0.3, 0.4) is 0 Å². The Labute approximate surface area is 142 Å². The summed E-state index contributed by atoms with van der Waals surface area (Å²) in [6.07, 6.45) is 0. The highest BCUT2D eigenvalue weighted by atomic mass is 32.2. The molecule has 1 saturated heterocycles. The highest BCUT2D eigenvalue weighted by Crippen LogP contribution is 2.20. The van der Waals surface area contributed by atoms with Crippen LogP contribution in [0.25, 0.3) is 0 Å². The minimum Gasteiger partial charge on any atom is -0.368 e. The predicted octanol–water partition coefficient (Wildman–Crippen LogP) is 3.44. The van der Waals surface area contributed by atoms with E-state index in [-0.39, 0.29) is 5.91 Å². The van der Waals surface area contributed by atoms with E-state index >= 15 is 0 Å². The van der Waals surface area contributed by atoms with Crippen molar-refractivity contribution >= 4 is 23.4 Å². The Hall–Kier alpha value is -1.94. The van der Waals surface area contributed by atoms with Crippen LogP contribution in [0.2, 0.25) is 0 Å². The molecule has 0 spiro atoms. The molecule has 1 fully saturated rings. The third-order valence-corrected chi connectivity index (χ3v) is 5.10. The predicted molar refractivity (Wildman–Crippen MR) is 97.1 cm³/mol. The molecule has 0 aliphatic carbocycles. The first-order valence-electron chi connectivity index (χ1n) is 7.99. The fourth-order valence-electron chi connectivity index (χ4n) is 2.79.